The average molecular weight is 318 g/mol. The normalized spacial score (nSPS) is 13.2. The Kier molecular flexibility index (Phi) is 3.81. The molecule has 114 valence electrons. The number of nitrogens with zero attached hydrogens (tertiary/aromatic N) is 2. The van der Waals surface area contributed by atoms with Crippen molar-refractivity contribution in [3.63, 3.8) is 0 Å². The van der Waals surface area contributed by atoms with E-state index in [0.717, 1.165) is 16.9 Å². The summed E-state index contributed by atoms with van der Waals surface area (Å²) in [6, 6.07) is 5.29. The van der Waals surface area contributed by atoms with Gasteiger partial charge in [0.1, 0.15) is 10.6 Å². The monoisotopic (exact) mass is 318 g/mol. The van der Waals surface area contributed by atoms with E-state index in [1.807, 2.05) is 6.07 Å². The third-order valence-corrected chi connectivity index (χ3v) is 4.08. The summed E-state index contributed by atoms with van der Waals surface area (Å²) in [7, 11) is 1.76. The van der Waals surface area contributed by atoms with Gasteiger partial charge >= 0.3 is 5.97 Å². The van der Waals surface area contributed by atoms with Crippen molar-refractivity contribution in [3.8, 4) is 10.9 Å². The summed E-state index contributed by atoms with van der Waals surface area (Å²) in [5.41, 5.74) is 1.62. The molecule has 1 aliphatic rings. The molecule has 0 fully saturated rings. The summed E-state index contributed by atoms with van der Waals surface area (Å²) in [4.78, 5) is 29.5. The second-order valence-corrected chi connectivity index (χ2v) is 5.79. The summed E-state index contributed by atoms with van der Waals surface area (Å²) in [6.07, 6.45) is 1.43. The smallest absolute Gasteiger partial charge is 0.350 e. The number of fused-ring (bicyclic) bond motifs is 1. The highest BCUT2D eigenvalue weighted by molar-refractivity contribution is 7.15. The van der Waals surface area contributed by atoms with E-state index < -0.39 is 5.97 Å². The molecule has 0 radical (unpaired) electrons. The van der Waals surface area contributed by atoms with Crippen molar-refractivity contribution >= 4 is 23.2 Å². The maximum atomic E-state index is 11.8. The summed E-state index contributed by atoms with van der Waals surface area (Å²) in [5, 5.41) is 0.362. The number of esters is 1. The predicted octanol–water partition coefficient (Wildman–Crippen LogP) is 2.70. The van der Waals surface area contributed by atoms with Gasteiger partial charge in [-0.25, -0.2) is 9.78 Å². The topological polar surface area (TPSA) is 68.7 Å². The average Bonchev–Trinajstić information content (AvgIpc) is 3.05. The van der Waals surface area contributed by atoms with Gasteiger partial charge in [0.25, 0.3) is 11.1 Å². The van der Waals surface area contributed by atoms with Crippen LogP contribution >= 0.6 is 11.3 Å². The summed E-state index contributed by atoms with van der Waals surface area (Å²) in [5.74, 6) is 0.197. The van der Waals surface area contributed by atoms with Crippen LogP contribution in [0, 0.1) is 0 Å². The van der Waals surface area contributed by atoms with Crippen LogP contribution < -0.4 is 4.74 Å². The van der Waals surface area contributed by atoms with Gasteiger partial charge in [-0.3, -0.25) is 4.79 Å². The molecule has 0 unspecified atom stereocenters. The van der Waals surface area contributed by atoms with Gasteiger partial charge in [-0.1, -0.05) is 11.3 Å². The standard InChI is InChI=1S/C15H14N2O4S/c1-3-20-14(19)12-7-16-15(22-12)21-10-4-5-11-9(6-10)8-17(2)13(11)18/h4-7H,3,8H2,1-2H3. The fraction of sp³-hybridized carbons (Fsp3) is 0.267. The first-order valence-electron chi connectivity index (χ1n) is 6.77. The van der Waals surface area contributed by atoms with Crippen LogP contribution in [0.25, 0.3) is 0 Å². The molecule has 7 heteroatoms. The summed E-state index contributed by atoms with van der Waals surface area (Å²) in [6.45, 7) is 2.63. The Morgan fingerprint density at radius 2 is 2.27 bits per heavy atom. The molecule has 3 rings (SSSR count). The largest absolute Gasteiger partial charge is 0.462 e. The zero-order valence-electron chi connectivity index (χ0n) is 12.2. The second-order valence-electron chi connectivity index (χ2n) is 4.79. The number of amides is 1. The lowest BCUT2D eigenvalue weighted by Crippen LogP contribution is -2.17. The van der Waals surface area contributed by atoms with Crippen LogP contribution in [0.4, 0.5) is 0 Å². The zero-order valence-corrected chi connectivity index (χ0v) is 13.0. The van der Waals surface area contributed by atoms with Crippen LogP contribution in [-0.4, -0.2) is 35.4 Å². The van der Waals surface area contributed by atoms with Crippen LogP contribution in [0.2, 0.25) is 0 Å². The van der Waals surface area contributed by atoms with Gasteiger partial charge in [-0.15, -0.1) is 0 Å². The molecule has 1 aliphatic heterocycles. The Bertz CT molecular complexity index is 741. The Labute approximate surface area is 131 Å². The van der Waals surface area contributed by atoms with Gasteiger partial charge in [-0.2, -0.15) is 0 Å². The third-order valence-electron chi connectivity index (χ3n) is 3.23. The van der Waals surface area contributed by atoms with E-state index in [9.17, 15) is 9.59 Å². The van der Waals surface area contributed by atoms with E-state index in [-0.39, 0.29) is 5.91 Å². The minimum absolute atomic E-state index is 0.0143. The van der Waals surface area contributed by atoms with E-state index in [1.54, 1.807) is 31.0 Å². The van der Waals surface area contributed by atoms with E-state index >= 15 is 0 Å². The molecule has 2 aromatic rings. The maximum Gasteiger partial charge on any atom is 0.350 e. The van der Waals surface area contributed by atoms with Crippen molar-refractivity contribution in [2.75, 3.05) is 13.7 Å². The van der Waals surface area contributed by atoms with Crippen molar-refractivity contribution in [1.82, 2.24) is 9.88 Å². The lowest BCUT2D eigenvalue weighted by Gasteiger charge is -2.04. The highest BCUT2D eigenvalue weighted by Gasteiger charge is 2.24. The van der Waals surface area contributed by atoms with E-state index in [0.29, 0.717) is 34.5 Å². The molecule has 0 spiro atoms. The van der Waals surface area contributed by atoms with Gasteiger partial charge in [0.05, 0.1) is 12.8 Å². The Balaban J connectivity index is 1.76. The minimum atomic E-state index is -0.406. The maximum absolute atomic E-state index is 11.8. The fourth-order valence-corrected chi connectivity index (χ4v) is 2.89. The van der Waals surface area contributed by atoms with Gasteiger partial charge in [0, 0.05) is 19.2 Å². The Morgan fingerprint density at radius 1 is 1.45 bits per heavy atom. The highest BCUT2D eigenvalue weighted by atomic mass is 32.1. The van der Waals surface area contributed by atoms with Crippen molar-refractivity contribution in [1.29, 1.82) is 0 Å². The second kappa shape index (κ2) is 5.76. The van der Waals surface area contributed by atoms with Crippen molar-refractivity contribution in [3.05, 3.63) is 40.4 Å². The first kappa shape index (κ1) is 14.5. The molecule has 0 N–H and O–H groups in total. The molecule has 0 atom stereocenters. The number of ether oxygens (including phenoxy) is 2. The molecular weight excluding hydrogens is 304 g/mol. The molecule has 22 heavy (non-hydrogen) atoms. The molecule has 0 bridgehead atoms. The van der Waals surface area contributed by atoms with Crippen molar-refractivity contribution in [2.45, 2.75) is 13.5 Å². The molecule has 1 aromatic carbocycles. The summed E-state index contributed by atoms with van der Waals surface area (Å²) < 4.78 is 10.6. The van der Waals surface area contributed by atoms with Crippen molar-refractivity contribution in [2.24, 2.45) is 0 Å². The first-order chi connectivity index (χ1) is 10.6. The van der Waals surface area contributed by atoms with Crippen LogP contribution in [0.15, 0.2) is 24.4 Å². The fourth-order valence-electron chi connectivity index (χ4n) is 2.21. The molecule has 2 heterocycles. The van der Waals surface area contributed by atoms with Crippen LogP contribution in [0.3, 0.4) is 0 Å². The number of aromatic nitrogens is 1. The van der Waals surface area contributed by atoms with Crippen LogP contribution in [-0.2, 0) is 11.3 Å². The SMILES string of the molecule is CCOC(=O)c1cnc(Oc2ccc3c(c2)CN(C)C3=O)s1. The lowest BCUT2D eigenvalue weighted by molar-refractivity contribution is 0.0531. The predicted molar refractivity (Wildman–Crippen MR) is 80.4 cm³/mol. The zero-order chi connectivity index (χ0) is 15.7. The molecule has 0 aliphatic carbocycles. The number of hydrogen-bond donors (Lipinski definition) is 0. The van der Waals surface area contributed by atoms with Gasteiger partial charge in [0.15, 0.2) is 0 Å². The van der Waals surface area contributed by atoms with Crippen molar-refractivity contribution < 1.29 is 19.1 Å². The Hall–Kier alpha value is -2.41. The number of hydrogen-bond acceptors (Lipinski definition) is 6. The number of rotatable bonds is 4. The molecule has 0 saturated carbocycles. The lowest BCUT2D eigenvalue weighted by atomic mass is 10.1. The summed E-state index contributed by atoms with van der Waals surface area (Å²) >= 11 is 1.12. The van der Waals surface area contributed by atoms with E-state index in [1.165, 1.54) is 6.20 Å². The van der Waals surface area contributed by atoms with E-state index in [2.05, 4.69) is 4.98 Å². The Morgan fingerprint density at radius 3 is 3.05 bits per heavy atom. The molecule has 1 aromatic heterocycles. The molecule has 1 amide bonds. The van der Waals surface area contributed by atoms with Gasteiger partial charge < -0.3 is 14.4 Å². The van der Waals surface area contributed by atoms with E-state index in [4.69, 9.17) is 9.47 Å². The third kappa shape index (κ3) is 2.67. The molecule has 6 nitrogen and oxygen atoms in total. The number of carbonyl (C=O) groups is 2. The van der Waals surface area contributed by atoms with Crippen LogP contribution in [0.5, 0.6) is 10.9 Å². The highest BCUT2D eigenvalue weighted by Crippen LogP contribution is 2.30. The molecular formula is C15H14N2O4S. The number of thiazole rings is 1. The minimum Gasteiger partial charge on any atom is -0.462 e. The molecule has 0 saturated heterocycles. The number of carbonyl (C=O) groups excluding carboxylic acids is 2. The number of benzene rings is 1. The van der Waals surface area contributed by atoms with Gasteiger partial charge in [-0.05, 0) is 30.7 Å². The van der Waals surface area contributed by atoms with Crippen LogP contribution in [0.1, 0.15) is 32.5 Å². The quantitative estimate of drug-likeness (QED) is 0.811. The van der Waals surface area contributed by atoms with Gasteiger partial charge in [0.2, 0.25) is 0 Å². The first-order valence-corrected chi connectivity index (χ1v) is 7.59.